The Hall–Kier alpha value is -3.16. The number of hydrogen-bond acceptors (Lipinski definition) is 8. The van der Waals surface area contributed by atoms with Crippen LogP contribution in [0.25, 0.3) is 21.9 Å². The van der Waals surface area contributed by atoms with Crippen molar-refractivity contribution in [1.82, 2.24) is 0 Å². The number of esters is 2. The largest absolute Gasteiger partial charge is 0.462 e. The van der Waals surface area contributed by atoms with Crippen molar-refractivity contribution in [2.75, 3.05) is 24.7 Å². The highest BCUT2D eigenvalue weighted by Gasteiger charge is 2.26. The second-order valence-corrected chi connectivity index (χ2v) is 9.33. The minimum Gasteiger partial charge on any atom is -0.462 e. The van der Waals surface area contributed by atoms with Crippen molar-refractivity contribution >= 4 is 45.6 Å². The number of furan rings is 2. The fourth-order valence-electron chi connectivity index (χ4n) is 4.38. The van der Waals surface area contributed by atoms with Crippen molar-refractivity contribution in [3.8, 4) is 0 Å². The molecule has 8 heteroatoms. The van der Waals surface area contributed by atoms with E-state index in [0.29, 0.717) is 35.2 Å². The molecule has 0 radical (unpaired) electrons. The molecular weight excluding hydrogens is 460 g/mol. The van der Waals surface area contributed by atoms with Crippen molar-refractivity contribution in [2.45, 2.75) is 90.9 Å². The van der Waals surface area contributed by atoms with Gasteiger partial charge in [0.25, 0.3) is 0 Å². The number of carbonyl (C=O) groups excluding carboxylic acids is 2. The summed E-state index contributed by atoms with van der Waals surface area (Å²) in [6.07, 6.45) is 13.1. The summed E-state index contributed by atoms with van der Waals surface area (Å²) < 4.78 is 22.1. The van der Waals surface area contributed by atoms with Gasteiger partial charge in [-0.1, -0.05) is 78.1 Å². The van der Waals surface area contributed by atoms with E-state index in [-0.39, 0.29) is 22.9 Å². The molecule has 0 saturated carbocycles. The van der Waals surface area contributed by atoms with Crippen LogP contribution in [0.5, 0.6) is 0 Å². The van der Waals surface area contributed by atoms with Crippen LogP contribution in [0.15, 0.2) is 21.0 Å². The monoisotopic (exact) mass is 500 g/mol. The van der Waals surface area contributed by atoms with Gasteiger partial charge < -0.3 is 29.8 Å². The second-order valence-electron chi connectivity index (χ2n) is 9.33. The van der Waals surface area contributed by atoms with Crippen LogP contribution in [0.4, 0.5) is 11.8 Å². The molecule has 0 atom stereocenters. The van der Waals surface area contributed by atoms with Gasteiger partial charge in [0.1, 0.15) is 22.3 Å². The zero-order valence-corrected chi connectivity index (χ0v) is 21.7. The van der Waals surface area contributed by atoms with E-state index in [9.17, 15) is 9.59 Å². The van der Waals surface area contributed by atoms with Gasteiger partial charge >= 0.3 is 11.9 Å². The molecule has 198 valence electrons. The summed E-state index contributed by atoms with van der Waals surface area (Å²) in [4.78, 5) is 25.5. The molecule has 2 heterocycles. The van der Waals surface area contributed by atoms with Crippen molar-refractivity contribution in [3.63, 3.8) is 0 Å². The van der Waals surface area contributed by atoms with E-state index in [1.807, 2.05) is 0 Å². The molecule has 2 aromatic heterocycles. The van der Waals surface area contributed by atoms with Crippen LogP contribution in [0.3, 0.4) is 0 Å². The third-order valence-electron chi connectivity index (χ3n) is 6.42. The molecule has 8 nitrogen and oxygen atoms in total. The predicted molar refractivity (Wildman–Crippen MR) is 142 cm³/mol. The normalized spacial score (nSPS) is 11.4. The molecular formula is C28H40N2O6. The first-order valence-corrected chi connectivity index (χ1v) is 13.4. The van der Waals surface area contributed by atoms with Crippen LogP contribution in [-0.2, 0) is 9.47 Å². The lowest BCUT2D eigenvalue weighted by molar-refractivity contribution is 0.0491. The number of nitrogens with two attached hydrogens (primary N) is 2. The summed E-state index contributed by atoms with van der Waals surface area (Å²) in [6, 6.07) is 3.21. The molecule has 3 aromatic rings. The average molecular weight is 501 g/mol. The molecule has 4 N–H and O–H groups in total. The molecule has 0 spiro atoms. The highest BCUT2D eigenvalue weighted by Crippen LogP contribution is 2.36. The van der Waals surface area contributed by atoms with Gasteiger partial charge in [0, 0.05) is 10.8 Å². The molecule has 0 aliphatic heterocycles. The summed E-state index contributed by atoms with van der Waals surface area (Å²) in [5, 5.41) is 0.905. The van der Waals surface area contributed by atoms with Crippen molar-refractivity contribution in [3.05, 3.63) is 23.3 Å². The van der Waals surface area contributed by atoms with Gasteiger partial charge in [-0.15, -0.1) is 0 Å². The Morgan fingerprint density at radius 2 is 1.00 bits per heavy atom. The highest BCUT2D eigenvalue weighted by atomic mass is 16.5. The Kier molecular flexibility index (Phi) is 10.5. The van der Waals surface area contributed by atoms with Gasteiger partial charge in [0.05, 0.1) is 13.2 Å². The summed E-state index contributed by atoms with van der Waals surface area (Å²) in [6.45, 7) is 5.00. The molecule has 0 saturated heterocycles. The van der Waals surface area contributed by atoms with Gasteiger partial charge in [0.15, 0.2) is 0 Å². The van der Waals surface area contributed by atoms with Crippen LogP contribution in [0, 0.1) is 0 Å². The number of nitrogen functional groups attached to an aromatic ring is 2. The second kappa shape index (κ2) is 13.8. The SMILES string of the molecule is CCCCCCCCOC(=O)c1c(N)oc2cc3c(C(=O)OCCCCCCCC)c(N)oc3cc12. The van der Waals surface area contributed by atoms with Crippen LogP contribution in [-0.4, -0.2) is 25.2 Å². The van der Waals surface area contributed by atoms with Crippen molar-refractivity contribution in [1.29, 1.82) is 0 Å². The quantitative estimate of drug-likeness (QED) is 0.154. The number of ether oxygens (including phenoxy) is 2. The highest BCUT2D eigenvalue weighted by molar-refractivity contribution is 6.14. The Morgan fingerprint density at radius 1 is 0.639 bits per heavy atom. The lowest BCUT2D eigenvalue weighted by atomic mass is 10.1. The van der Waals surface area contributed by atoms with Gasteiger partial charge in [-0.2, -0.15) is 0 Å². The van der Waals surface area contributed by atoms with Crippen LogP contribution >= 0.6 is 0 Å². The molecule has 0 bridgehead atoms. The first-order chi connectivity index (χ1) is 17.5. The minimum atomic E-state index is -0.544. The molecule has 0 aliphatic rings. The number of carbonyl (C=O) groups is 2. The summed E-state index contributed by atoms with van der Waals surface area (Å²) in [5.41, 5.74) is 13.0. The average Bonchev–Trinajstić information content (AvgIpc) is 3.34. The van der Waals surface area contributed by atoms with Gasteiger partial charge in [-0.25, -0.2) is 9.59 Å². The van der Waals surface area contributed by atoms with Crippen LogP contribution < -0.4 is 11.5 Å². The summed E-state index contributed by atoms with van der Waals surface area (Å²) >= 11 is 0. The van der Waals surface area contributed by atoms with E-state index in [4.69, 9.17) is 29.8 Å². The topological polar surface area (TPSA) is 131 Å². The molecule has 0 aliphatic carbocycles. The Bertz CT molecular complexity index is 1060. The number of rotatable bonds is 16. The minimum absolute atomic E-state index is 0.0363. The fraction of sp³-hybridized carbons (Fsp3) is 0.571. The number of fused-ring (bicyclic) bond motifs is 2. The maximum atomic E-state index is 12.7. The number of benzene rings is 1. The van der Waals surface area contributed by atoms with E-state index < -0.39 is 11.9 Å². The maximum absolute atomic E-state index is 12.7. The first kappa shape index (κ1) is 27.4. The standard InChI is InChI=1S/C28H40N2O6/c1-3-5-7-9-11-13-15-33-27(31)23-19-17-22-20(18-21(19)35-25(23)29)24(26(30)36-22)28(32)34-16-14-12-10-8-6-4-2/h17-18H,3-16,29-30H2,1-2H3. The molecule has 3 rings (SSSR count). The third-order valence-corrected chi connectivity index (χ3v) is 6.42. The Labute approximate surface area is 212 Å². The van der Waals surface area contributed by atoms with Gasteiger partial charge in [-0.05, 0) is 25.0 Å². The molecule has 0 fully saturated rings. The maximum Gasteiger partial charge on any atom is 0.344 e. The van der Waals surface area contributed by atoms with Crippen LogP contribution in [0.2, 0.25) is 0 Å². The number of unbranched alkanes of at least 4 members (excludes halogenated alkanes) is 10. The zero-order valence-electron chi connectivity index (χ0n) is 21.7. The van der Waals surface area contributed by atoms with E-state index in [2.05, 4.69) is 13.8 Å². The first-order valence-electron chi connectivity index (χ1n) is 13.4. The number of anilines is 2. The lowest BCUT2D eigenvalue weighted by Crippen LogP contribution is -2.08. The zero-order chi connectivity index (χ0) is 25.9. The molecule has 1 aromatic carbocycles. The number of hydrogen-bond donors (Lipinski definition) is 2. The summed E-state index contributed by atoms with van der Waals surface area (Å²) in [7, 11) is 0. The third kappa shape index (κ3) is 6.95. The van der Waals surface area contributed by atoms with E-state index in [1.54, 1.807) is 12.1 Å². The molecule has 36 heavy (non-hydrogen) atoms. The van der Waals surface area contributed by atoms with Crippen molar-refractivity contribution < 1.29 is 27.9 Å². The van der Waals surface area contributed by atoms with Crippen LogP contribution in [0.1, 0.15) is 112 Å². The van der Waals surface area contributed by atoms with E-state index in [1.165, 1.54) is 38.5 Å². The Balaban J connectivity index is 1.66. The predicted octanol–water partition coefficient (Wildman–Crippen LogP) is 7.38. The van der Waals surface area contributed by atoms with E-state index >= 15 is 0 Å². The smallest absolute Gasteiger partial charge is 0.344 e. The van der Waals surface area contributed by atoms with E-state index in [0.717, 1.165) is 38.5 Å². The van der Waals surface area contributed by atoms with Crippen molar-refractivity contribution in [2.24, 2.45) is 0 Å². The fourth-order valence-corrected chi connectivity index (χ4v) is 4.38. The molecule has 0 amide bonds. The summed E-state index contributed by atoms with van der Waals surface area (Å²) in [5.74, 6) is -1.16. The van der Waals surface area contributed by atoms with Gasteiger partial charge in [-0.3, -0.25) is 0 Å². The van der Waals surface area contributed by atoms with Gasteiger partial charge in [0.2, 0.25) is 11.8 Å². The molecule has 0 unspecified atom stereocenters. The Morgan fingerprint density at radius 3 is 1.39 bits per heavy atom. The lowest BCUT2D eigenvalue weighted by Gasteiger charge is -2.05.